The Morgan fingerprint density at radius 3 is 1.75 bits per heavy atom. The molecule has 0 aromatic heterocycles. The third-order valence-electron chi connectivity index (χ3n) is 26.7. The van der Waals surface area contributed by atoms with Crippen molar-refractivity contribution in [1.82, 2.24) is 4.90 Å². The lowest BCUT2D eigenvalue weighted by molar-refractivity contribution is -0.190. The standard InChI is InChI=1S/C58H71N/c1-3-4-5-6-7-8-9-11-26-12-10-13-27(24-26)56-58-37-23-22-36-34-20-18-32-30-16-14-28-29-15-17-31-33-19-21-35(37)45-43(33)48-41(31)39(29)46-38(28)40(30)47-42(32)44(34)54(57(36,58)25-59(56)2)52-50(47)49(46)51(48)53(52)55(45)58/h10,12-13,22-24,28-33,38-56H,3-9,11,14-21,25H2,1-2H3. The molecule has 0 bridgehead atoms. The Morgan fingerprint density at radius 1 is 0.542 bits per heavy atom. The Bertz CT molecular complexity index is 2230. The second kappa shape index (κ2) is 10.3. The first-order valence-corrected chi connectivity index (χ1v) is 27.1. The maximum atomic E-state index is 3.12. The van der Waals surface area contributed by atoms with E-state index in [9.17, 15) is 0 Å². The van der Waals surface area contributed by atoms with Gasteiger partial charge in [0.25, 0.3) is 0 Å². The second-order valence-electron chi connectivity index (χ2n) is 26.4. The van der Waals surface area contributed by atoms with Crippen molar-refractivity contribution >= 4 is 0 Å². The van der Waals surface area contributed by atoms with Crippen molar-refractivity contribution < 1.29 is 0 Å². The maximum Gasteiger partial charge on any atom is 0.0454 e. The molecule has 1 saturated heterocycles. The molecular weight excluding hydrogens is 711 g/mol. The Labute approximate surface area is 355 Å². The van der Waals surface area contributed by atoms with Gasteiger partial charge in [-0.15, -0.1) is 0 Å². The molecule has 16 aliphatic carbocycles. The van der Waals surface area contributed by atoms with E-state index in [1.165, 1.54) is 88.5 Å². The summed E-state index contributed by atoms with van der Waals surface area (Å²) in [5.74, 6) is 26.2. The summed E-state index contributed by atoms with van der Waals surface area (Å²) in [5, 5.41) is 0. The fourth-order valence-corrected chi connectivity index (χ4v) is 27.7. The highest BCUT2D eigenvalue weighted by atomic mass is 15.2. The third-order valence-corrected chi connectivity index (χ3v) is 26.7. The highest BCUT2D eigenvalue weighted by Crippen LogP contribution is 2.96. The Balaban J connectivity index is 0.883. The van der Waals surface area contributed by atoms with Crippen molar-refractivity contribution in [2.24, 2.45) is 153 Å². The monoisotopic (exact) mass is 782 g/mol. The van der Waals surface area contributed by atoms with Gasteiger partial charge >= 0.3 is 0 Å². The molecule has 59 heavy (non-hydrogen) atoms. The molecular formula is C58H71N. The molecule has 1 heterocycles. The average Bonchev–Trinajstić information content (AvgIpc) is 4.10. The largest absolute Gasteiger partial charge is 0.297 e. The van der Waals surface area contributed by atoms with Crippen LogP contribution in [0, 0.1) is 153 Å². The Morgan fingerprint density at radius 2 is 1.07 bits per heavy atom. The summed E-state index contributed by atoms with van der Waals surface area (Å²) in [4.78, 5) is 3.12. The molecule has 27 unspecified atom stereocenters. The van der Waals surface area contributed by atoms with Gasteiger partial charge in [-0.05, 0) is 236 Å². The summed E-state index contributed by atoms with van der Waals surface area (Å²) in [6.07, 6.45) is 29.9. The topological polar surface area (TPSA) is 3.24 Å². The molecule has 1 heteroatoms. The van der Waals surface area contributed by atoms with Crippen LogP contribution in [0.2, 0.25) is 0 Å². The predicted molar refractivity (Wildman–Crippen MR) is 232 cm³/mol. The van der Waals surface area contributed by atoms with Crippen LogP contribution in [-0.4, -0.2) is 18.5 Å². The molecule has 0 amide bonds. The van der Waals surface area contributed by atoms with Crippen LogP contribution in [0.25, 0.3) is 0 Å². The molecule has 17 aliphatic rings. The van der Waals surface area contributed by atoms with E-state index in [1.807, 2.05) is 11.1 Å². The summed E-state index contributed by atoms with van der Waals surface area (Å²) in [7, 11) is 2.69. The lowest BCUT2D eigenvalue weighted by Gasteiger charge is -2.69. The number of aryl methyl sites for hydroxylation is 1. The van der Waals surface area contributed by atoms with Gasteiger partial charge < -0.3 is 0 Å². The number of nitrogens with zero attached hydrogens (tertiary/aromatic N) is 1. The summed E-state index contributed by atoms with van der Waals surface area (Å²) >= 11 is 0. The number of hydrogen-bond donors (Lipinski definition) is 0. The summed E-state index contributed by atoms with van der Waals surface area (Å²) in [6, 6.07) is 11.2. The maximum absolute atomic E-state index is 3.12. The van der Waals surface area contributed by atoms with Gasteiger partial charge in [0.2, 0.25) is 0 Å². The number of likely N-dealkylation sites (tertiary alicyclic amines) is 1. The quantitative estimate of drug-likeness (QED) is 0.226. The molecule has 27 atom stereocenters. The number of hydrogen-bond acceptors (Lipinski definition) is 1. The molecule has 13 saturated carbocycles. The van der Waals surface area contributed by atoms with E-state index in [-0.39, 0.29) is 0 Å². The molecule has 0 N–H and O–H groups in total. The fourth-order valence-electron chi connectivity index (χ4n) is 27.7. The number of allylic oxidation sites excluding steroid dienone is 4. The van der Waals surface area contributed by atoms with Crippen LogP contribution >= 0.6 is 0 Å². The minimum atomic E-state index is 0.314. The molecule has 0 radical (unpaired) electrons. The van der Waals surface area contributed by atoms with Gasteiger partial charge in [-0.1, -0.05) is 93.0 Å². The van der Waals surface area contributed by atoms with Crippen molar-refractivity contribution in [1.29, 1.82) is 0 Å². The highest BCUT2D eigenvalue weighted by molar-refractivity contribution is 5.65. The van der Waals surface area contributed by atoms with Crippen molar-refractivity contribution in [3.05, 3.63) is 69.8 Å². The molecule has 308 valence electrons. The molecule has 14 fully saturated rings. The van der Waals surface area contributed by atoms with Crippen molar-refractivity contribution in [2.45, 2.75) is 116 Å². The Kier molecular flexibility index (Phi) is 5.78. The number of unbranched alkanes of at least 4 members (excludes halogenated alkanes) is 6. The van der Waals surface area contributed by atoms with E-state index < -0.39 is 0 Å². The molecule has 2 spiro atoms. The number of fused-ring (bicyclic) bond motifs is 3. The third kappa shape index (κ3) is 3.04. The normalized spacial score (nSPS) is 62.7. The van der Waals surface area contributed by atoms with E-state index in [2.05, 4.69) is 66.4 Å². The van der Waals surface area contributed by atoms with Crippen LogP contribution in [0.1, 0.15) is 120 Å². The minimum absolute atomic E-state index is 0.314. The average molecular weight is 782 g/mol. The van der Waals surface area contributed by atoms with Gasteiger partial charge in [0, 0.05) is 23.4 Å². The van der Waals surface area contributed by atoms with Gasteiger partial charge in [-0.3, -0.25) is 4.90 Å². The van der Waals surface area contributed by atoms with Gasteiger partial charge in [-0.25, -0.2) is 0 Å². The zero-order chi connectivity index (χ0) is 37.7. The van der Waals surface area contributed by atoms with E-state index in [0.29, 0.717) is 16.9 Å². The van der Waals surface area contributed by atoms with Crippen molar-refractivity contribution in [2.75, 3.05) is 13.6 Å². The van der Waals surface area contributed by atoms with Crippen LogP contribution < -0.4 is 0 Å². The van der Waals surface area contributed by atoms with E-state index >= 15 is 0 Å². The fraction of sp³-hybridized carbons (Fsp3) is 0.793. The van der Waals surface area contributed by atoms with Gasteiger partial charge in [0.15, 0.2) is 0 Å². The van der Waals surface area contributed by atoms with Crippen LogP contribution in [0.4, 0.5) is 0 Å². The van der Waals surface area contributed by atoms with Crippen LogP contribution in [-0.2, 0) is 6.42 Å². The SMILES string of the molecule is CCCCCCCCCc1cccc(C2N(C)CC34C5=C6CCC7C8CCC9C%10CCC%11C%12CCC%13=C(C=C5)C23C2C%13C%12C3C%11C%10C5C9C8C8C7C6C4C4C8C5C3C42)c1. The first-order chi connectivity index (χ1) is 29.2. The predicted octanol–water partition coefficient (Wildman–Crippen LogP) is 12.2. The van der Waals surface area contributed by atoms with Crippen LogP contribution in [0.5, 0.6) is 0 Å². The van der Waals surface area contributed by atoms with Crippen LogP contribution in [0.3, 0.4) is 0 Å². The molecule has 1 aromatic rings. The van der Waals surface area contributed by atoms with E-state index in [1.54, 1.807) is 49.7 Å². The summed E-state index contributed by atoms with van der Waals surface area (Å²) in [6.45, 7) is 3.73. The van der Waals surface area contributed by atoms with Gasteiger partial charge in [-0.2, -0.15) is 0 Å². The lowest BCUT2D eigenvalue weighted by Crippen LogP contribution is -2.67. The molecule has 18 rings (SSSR count). The van der Waals surface area contributed by atoms with Crippen LogP contribution in [0.15, 0.2) is 58.7 Å². The zero-order valence-corrected chi connectivity index (χ0v) is 36.4. The molecule has 1 aromatic carbocycles. The second-order valence-corrected chi connectivity index (χ2v) is 26.4. The van der Waals surface area contributed by atoms with E-state index in [4.69, 9.17) is 0 Å². The Hall–Kier alpha value is -1.60. The first-order valence-electron chi connectivity index (χ1n) is 27.1. The van der Waals surface area contributed by atoms with Gasteiger partial charge in [0.05, 0.1) is 0 Å². The highest BCUT2D eigenvalue weighted by Gasteiger charge is 2.92. The summed E-state index contributed by atoms with van der Waals surface area (Å²) < 4.78 is 0. The lowest BCUT2D eigenvalue weighted by atomic mass is 9.33. The van der Waals surface area contributed by atoms with Gasteiger partial charge in [0.1, 0.15) is 0 Å². The first kappa shape index (κ1) is 33.0. The summed E-state index contributed by atoms with van der Waals surface area (Å²) in [5.41, 5.74) is 12.4. The minimum Gasteiger partial charge on any atom is -0.297 e. The smallest absolute Gasteiger partial charge is 0.0454 e. The molecule has 1 nitrogen and oxygen atoms in total. The van der Waals surface area contributed by atoms with Crippen molar-refractivity contribution in [3.8, 4) is 0 Å². The van der Waals surface area contributed by atoms with Crippen molar-refractivity contribution in [3.63, 3.8) is 0 Å². The number of benzene rings is 1. The zero-order valence-electron chi connectivity index (χ0n) is 36.4. The number of rotatable bonds is 9. The van der Waals surface area contributed by atoms with E-state index in [0.717, 1.165) is 124 Å². The molecule has 1 aliphatic heterocycles.